The maximum atomic E-state index is 12.9. The lowest BCUT2D eigenvalue weighted by molar-refractivity contribution is -0.385. The van der Waals surface area contributed by atoms with E-state index >= 15 is 0 Å². The SMILES string of the molecule is CC(=O)Oc1ccc(N2C(=O)[C@@H]3[C@@H](C2=O)[C@@H]2C=C[C@@H]3CC2)cc1[N+](=O)[O-]. The number of rotatable bonds is 3. The minimum atomic E-state index is -0.703. The fourth-order valence-corrected chi connectivity index (χ4v) is 4.36. The van der Waals surface area contributed by atoms with Gasteiger partial charge in [0.05, 0.1) is 22.4 Å². The van der Waals surface area contributed by atoms with E-state index in [9.17, 15) is 24.5 Å². The van der Waals surface area contributed by atoms with Crippen molar-refractivity contribution < 1.29 is 24.0 Å². The van der Waals surface area contributed by atoms with Gasteiger partial charge in [-0.3, -0.25) is 24.5 Å². The van der Waals surface area contributed by atoms with Crippen molar-refractivity contribution in [2.24, 2.45) is 23.7 Å². The van der Waals surface area contributed by atoms with Crippen LogP contribution in [0.5, 0.6) is 5.75 Å². The number of hydrogen-bond acceptors (Lipinski definition) is 6. The van der Waals surface area contributed by atoms with Crippen molar-refractivity contribution in [3.8, 4) is 5.75 Å². The molecule has 26 heavy (non-hydrogen) atoms. The van der Waals surface area contributed by atoms with Gasteiger partial charge in [0.15, 0.2) is 0 Å². The van der Waals surface area contributed by atoms with Gasteiger partial charge in [-0.1, -0.05) is 12.2 Å². The third-order valence-corrected chi connectivity index (χ3v) is 5.41. The van der Waals surface area contributed by atoms with Gasteiger partial charge in [-0.2, -0.15) is 0 Å². The summed E-state index contributed by atoms with van der Waals surface area (Å²) >= 11 is 0. The van der Waals surface area contributed by atoms with E-state index < -0.39 is 28.4 Å². The molecular weight excluding hydrogens is 340 g/mol. The van der Waals surface area contributed by atoms with Gasteiger partial charge in [-0.05, 0) is 36.8 Å². The molecule has 1 aromatic rings. The van der Waals surface area contributed by atoms with Crippen molar-refractivity contribution in [2.75, 3.05) is 4.90 Å². The van der Waals surface area contributed by atoms with E-state index in [-0.39, 0.29) is 35.1 Å². The predicted molar refractivity (Wildman–Crippen MR) is 89.2 cm³/mol. The van der Waals surface area contributed by atoms with E-state index in [0.29, 0.717) is 0 Å². The number of benzene rings is 1. The number of carbonyl (C=O) groups is 3. The van der Waals surface area contributed by atoms with Crippen molar-refractivity contribution in [2.45, 2.75) is 19.8 Å². The molecule has 0 radical (unpaired) electrons. The molecule has 1 aromatic carbocycles. The van der Waals surface area contributed by atoms with Crippen molar-refractivity contribution >= 4 is 29.2 Å². The maximum absolute atomic E-state index is 12.9. The summed E-state index contributed by atoms with van der Waals surface area (Å²) in [7, 11) is 0. The number of ether oxygens (including phenoxy) is 1. The number of nitro groups is 1. The monoisotopic (exact) mass is 356 g/mol. The second-order valence-electron chi connectivity index (χ2n) is 6.86. The number of esters is 1. The third-order valence-electron chi connectivity index (χ3n) is 5.41. The first-order chi connectivity index (χ1) is 12.4. The summed E-state index contributed by atoms with van der Waals surface area (Å²) in [5.74, 6) is -2.23. The first-order valence-electron chi connectivity index (χ1n) is 8.41. The minimum Gasteiger partial charge on any atom is -0.419 e. The molecule has 5 rings (SSSR count). The predicted octanol–water partition coefficient (Wildman–Crippen LogP) is 2.22. The van der Waals surface area contributed by atoms with Gasteiger partial charge in [0.25, 0.3) is 0 Å². The number of amides is 2. The first kappa shape index (κ1) is 16.4. The Balaban J connectivity index is 1.73. The van der Waals surface area contributed by atoms with Crippen LogP contribution in [0.4, 0.5) is 11.4 Å². The van der Waals surface area contributed by atoms with Gasteiger partial charge in [0.1, 0.15) is 0 Å². The summed E-state index contributed by atoms with van der Waals surface area (Å²) in [4.78, 5) is 48.6. The topological polar surface area (TPSA) is 107 Å². The van der Waals surface area contributed by atoms with E-state index in [0.717, 1.165) is 30.7 Å². The van der Waals surface area contributed by atoms with Gasteiger partial charge in [-0.25, -0.2) is 4.90 Å². The van der Waals surface area contributed by atoms with Gasteiger partial charge in [0.2, 0.25) is 17.6 Å². The zero-order valence-corrected chi connectivity index (χ0v) is 14.0. The Morgan fingerprint density at radius 1 is 1.15 bits per heavy atom. The normalized spacial score (nSPS) is 29.0. The molecule has 3 aliphatic carbocycles. The first-order valence-corrected chi connectivity index (χ1v) is 8.41. The fourth-order valence-electron chi connectivity index (χ4n) is 4.36. The molecule has 4 aliphatic rings. The van der Waals surface area contributed by atoms with E-state index in [1.807, 2.05) is 12.2 Å². The second-order valence-corrected chi connectivity index (χ2v) is 6.86. The fraction of sp³-hybridized carbons (Fsp3) is 0.389. The van der Waals surface area contributed by atoms with Crippen LogP contribution in [-0.2, 0) is 14.4 Å². The lowest BCUT2D eigenvalue weighted by Gasteiger charge is -2.38. The number of nitrogens with zero attached hydrogens (tertiary/aromatic N) is 2. The lowest BCUT2D eigenvalue weighted by atomic mass is 9.63. The largest absolute Gasteiger partial charge is 0.419 e. The van der Waals surface area contributed by atoms with Crippen LogP contribution < -0.4 is 9.64 Å². The molecule has 8 heteroatoms. The van der Waals surface area contributed by atoms with E-state index in [4.69, 9.17) is 4.74 Å². The Morgan fingerprint density at radius 2 is 1.73 bits per heavy atom. The Morgan fingerprint density at radius 3 is 2.19 bits per heavy atom. The minimum absolute atomic E-state index is 0.0433. The van der Waals surface area contributed by atoms with Crippen molar-refractivity contribution in [1.29, 1.82) is 0 Å². The number of carbonyl (C=O) groups excluding carboxylic acids is 3. The molecule has 1 saturated carbocycles. The summed E-state index contributed by atoms with van der Waals surface area (Å²) < 4.78 is 4.84. The molecule has 0 N–H and O–H groups in total. The molecular formula is C18H16N2O6. The molecule has 4 atom stereocenters. The van der Waals surface area contributed by atoms with Crippen LogP contribution in [0.25, 0.3) is 0 Å². The number of allylic oxidation sites excluding steroid dienone is 2. The van der Waals surface area contributed by atoms with E-state index in [1.165, 1.54) is 12.1 Å². The summed E-state index contributed by atoms with van der Waals surface area (Å²) in [5, 5.41) is 11.3. The van der Waals surface area contributed by atoms with E-state index in [1.54, 1.807) is 0 Å². The molecule has 1 heterocycles. The van der Waals surface area contributed by atoms with Gasteiger partial charge in [0, 0.05) is 13.0 Å². The smallest absolute Gasteiger partial charge is 0.313 e. The summed E-state index contributed by atoms with van der Waals surface area (Å²) in [6, 6.07) is 3.75. The second kappa shape index (κ2) is 5.76. The number of hydrogen-bond donors (Lipinski definition) is 0. The van der Waals surface area contributed by atoms with Crippen LogP contribution in [0.15, 0.2) is 30.4 Å². The standard InChI is InChI=1S/C18H16N2O6/c1-9(21)26-14-7-6-12(8-13(14)20(24)25)19-17(22)15-10-2-3-11(5-4-10)16(15)18(19)23/h2-3,6-8,10-11,15-16H,4-5H2,1H3/t10-,11-,15+,16+/m1/s1. The Hall–Kier alpha value is -3.03. The zero-order chi connectivity index (χ0) is 18.6. The van der Waals surface area contributed by atoms with Crippen LogP contribution in [0.1, 0.15) is 19.8 Å². The van der Waals surface area contributed by atoms with Crippen LogP contribution in [0.3, 0.4) is 0 Å². The maximum Gasteiger partial charge on any atom is 0.313 e. The molecule has 2 amide bonds. The highest BCUT2D eigenvalue weighted by Gasteiger charge is 2.57. The quantitative estimate of drug-likeness (QED) is 0.205. The van der Waals surface area contributed by atoms with Crippen LogP contribution in [0.2, 0.25) is 0 Å². The van der Waals surface area contributed by atoms with Gasteiger partial charge in [-0.15, -0.1) is 0 Å². The summed E-state index contributed by atoms with van der Waals surface area (Å²) in [5.41, 5.74) is -0.328. The van der Waals surface area contributed by atoms with Gasteiger partial charge < -0.3 is 4.74 Å². The van der Waals surface area contributed by atoms with Crippen LogP contribution in [-0.4, -0.2) is 22.7 Å². The van der Waals surface area contributed by atoms with Gasteiger partial charge >= 0.3 is 11.7 Å². The van der Waals surface area contributed by atoms with Crippen molar-refractivity contribution in [1.82, 2.24) is 0 Å². The Bertz CT molecular complexity index is 844. The lowest BCUT2D eigenvalue weighted by Crippen LogP contribution is -2.38. The summed E-state index contributed by atoms with van der Waals surface area (Å²) in [6.07, 6.45) is 5.77. The molecule has 8 nitrogen and oxygen atoms in total. The number of nitro benzene ring substituents is 1. The molecule has 134 valence electrons. The molecule has 0 spiro atoms. The molecule has 1 saturated heterocycles. The average molecular weight is 356 g/mol. The number of imide groups is 1. The molecule has 1 aliphatic heterocycles. The van der Waals surface area contributed by atoms with E-state index in [2.05, 4.69) is 0 Å². The molecule has 2 bridgehead atoms. The highest BCUT2D eigenvalue weighted by molar-refractivity contribution is 6.22. The Kier molecular flexibility index (Phi) is 3.64. The number of fused-ring (bicyclic) bond motifs is 1. The Labute approximate surface area is 148 Å². The number of anilines is 1. The highest BCUT2D eigenvalue weighted by Crippen LogP contribution is 2.50. The molecule has 0 unspecified atom stereocenters. The zero-order valence-electron chi connectivity index (χ0n) is 14.0. The molecule has 2 fully saturated rings. The third kappa shape index (κ3) is 2.33. The highest BCUT2D eigenvalue weighted by atomic mass is 16.6. The average Bonchev–Trinajstić information content (AvgIpc) is 2.89. The van der Waals surface area contributed by atoms with Crippen molar-refractivity contribution in [3.63, 3.8) is 0 Å². The van der Waals surface area contributed by atoms with Crippen LogP contribution in [0, 0.1) is 33.8 Å². The van der Waals surface area contributed by atoms with Crippen LogP contribution >= 0.6 is 0 Å². The van der Waals surface area contributed by atoms with Crippen molar-refractivity contribution in [3.05, 3.63) is 40.5 Å². The summed E-state index contributed by atoms with van der Waals surface area (Å²) in [6.45, 7) is 1.14. The molecule has 0 aromatic heterocycles.